The zero-order valence-electron chi connectivity index (χ0n) is 9.45. The van der Waals surface area contributed by atoms with Gasteiger partial charge in [0.25, 0.3) is 0 Å². The van der Waals surface area contributed by atoms with E-state index < -0.39 is 18.0 Å². The number of carbonyl (C=O) groups is 1. The summed E-state index contributed by atoms with van der Waals surface area (Å²) in [7, 11) is 2.83. The van der Waals surface area contributed by atoms with Crippen LogP contribution in [0.4, 0.5) is 9.18 Å². The Kier molecular flexibility index (Phi) is 3.03. The van der Waals surface area contributed by atoms with E-state index in [0.29, 0.717) is 11.3 Å². The molecule has 5 nitrogen and oxygen atoms in total. The fourth-order valence-corrected chi connectivity index (χ4v) is 1.81. The van der Waals surface area contributed by atoms with E-state index in [1.807, 2.05) is 0 Å². The van der Waals surface area contributed by atoms with Crippen molar-refractivity contribution in [2.24, 2.45) is 0 Å². The molecule has 1 aromatic rings. The monoisotopic (exact) mass is 241 g/mol. The summed E-state index contributed by atoms with van der Waals surface area (Å²) >= 11 is 0. The summed E-state index contributed by atoms with van der Waals surface area (Å²) in [5.74, 6) is -0.0105. The molecule has 0 bridgehead atoms. The van der Waals surface area contributed by atoms with Crippen molar-refractivity contribution in [3.63, 3.8) is 0 Å². The molecule has 0 radical (unpaired) electrons. The van der Waals surface area contributed by atoms with Gasteiger partial charge in [-0.3, -0.25) is 0 Å². The number of hydrogen-bond acceptors (Lipinski definition) is 4. The summed E-state index contributed by atoms with van der Waals surface area (Å²) < 4.78 is 28.5. The van der Waals surface area contributed by atoms with Crippen LogP contribution >= 0.6 is 0 Å². The van der Waals surface area contributed by atoms with Gasteiger partial charge in [-0.1, -0.05) is 0 Å². The van der Waals surface area contributed by atoms with Crippen LogP contribution in [0.3, 0.4) is 0 Å². The number of cyclic esters (lactones) is 1. The lowest BCUT2D eigenvalue weighted by Crippen LogP contribution is -2.20. The standard InChI is InChI=1S/C11H12FNO4/c1-15-8-4-3-6(12)10(16-2)9(8)7-5-17-11(14)13-7/h3-4,7H,5H2,1-2H3,(H,13,14). The number of methoxy groups -OCH3 is 2. The third-order valence-electron chi connectivity index (χ3n) is 2.55. The first-order valence-electron chi connectivity index (χ1n) is 5.01. The molecule has 0 saturated carbocycles. The van der Waals surface area contributed by atoms with E-state index in [1.165, 1.54) is 26.4 Å². The van der Waals surface area contributed by atoms with Gasteiger partial charge in [-0.05, 0) is 12.1 Å². The molecule has 2 rings (SSSR count). The van der Waals surface area contributed by atoms with Gasteiger partial charge in [0.15, 0.2) is 11.6 Å². The topological polar surface area (TPSA) is 56.8 Å². The Hall–Kier alpha value is -1.98. The average Bonchev–Trinajstić information content (AvgIpc) is 2.75. The minimum absolute atomic E-state index is 0.0557. The van der Waals surface area contributed by atoms with E-state index >= 15 is 0 Å². The van der Waals surface area contributed by atoms with Gasteiger partial charge >= 0.3 is 6.09 Å². The Morgan fingerprint density at radius 3 is 2.71 bits per heavy atom. The molecule has 1 aliphatic rings. The quantitative estimate of drug-likeness (QED) is 0.873. The molecule has 1 aliphatic heterocycles. The summed E-state index contributed by atoms with van der Waals surface area (Å²) in [4.78, 5) is 11.0. The van der Waals surface area contributed by atoms with Crippen molar-refractivity contribution in [3.05, 3.63) is 23.5 Å². The van der Waals surface area contributed by atoms with Crippen molar-refractivity contribution in [2.75, 3.05) is 20.8 Å². The Bertz CT molecular complexity index is 449. The second-order valence-corrected chi connectivity index (χ2v) is 3.49. The summed E-state index contributed by atoms with van der Waals surface area (Å²) in [6.07, 6.45) is -0.539. The van der Waals surface area contributed by atoms with Gasteiger partial charge in [0.2, 0.25) is 0 Å². The van der Waals surface area contributed by atoms with Crippen LogP contribution in [0, 0.1) is 5.82 Å². The lowest BCUT2D eigenvalue weighted by atomic mass is 10.1. The number of hydrogen-bond donors (Lipinski definition) is 1. The second-order valence-electron chi connectivity index (χ2n) is 3.49. The molecule has 0 aromatic heterocycles. The van der Waals surface area contributed by atoms with Crippen LogP contribution in [0.2, 0.25) is 0 Å². The largest absolute Gasteiger partial charge is 0.496 e. The van der Waals surface area contributed by atoms with Crippen LogP contribution < -0.4 is 14.8 Å². The van der Waals surface area contributed by atoms with Gasteiger partial charge in [0, 0.05) is 0 Å². The highest BCUT2D eigenvalue weighted by atomic mass is 19.1. The van der Waals surface area contributed by atoms with Gasteiger partial charge in [-0.25, -0.2) is 9.18 Å². The van der Waals surface area contributed by atoms with Crippen molar-refractivity contribution in [2.45, 2.75) is 6.04 Å². The first-order valence-corrected chi connectivity index (χ1v) is 5.01. The van der Waals surface area contributed by atoms with Crippen molar-refractivity contribution < 1.29 is 23.4 Å². The molecule has 92 valence electrons. The van der Waals surface area contributed by atoms with Crippen LogP contribution in [-0.2, 0) is 4.74 Å². The molecule has 1 fully saturated rings. The Balaban J connectivity index is 2.48. The molecule has 1 unspecified atom stereocenters. The van der Waals surface area contributed by atoms with E-state index in [1.54, 1.807) is 0 Å². The van der Waals surface area contributed by atoms with Crippen molar-refractivity contribution in [3.8, 4) is 11.5 Å². The van der Waals surface area contributed by atoms with Gasteiger partial charge in [-0.2, -0.15) is 0 Å². The zero-order valence-corrected chi connectivity index (χ0v) is 9.45. The van der Waals surface area contributed by atoms with E-state index in [2.05, 4.69) is 5.32 Å². The summed E-state index contributed by atoms with van der Waals surface area (Å²) in [6, 6.07) is 2.26. The number of nitrogens with one attached hydrogen (secondary N) is 1. The van der Waals surface area contributed by atoms with Crippen molar-refractivity contribution >= 4 is 6.09 Å². The lowest BCUT2D eigenvalue weighted by Gasteiger charge is -2.17. The van der Waals surface area contributed by atoms with Crippen LogP contribution in [-0.4, -0.2) is 26.9 Å². The smallest absolute Gasteiger partial charge is 0.407 e. The minimum atomic E-state index is -0.539. The summed E-state index contributed by atoms with van der Waals surface area (Å²) in [5.41, 5.74) is 0.445. The van der Waals surface area contributed by atoms with Crippen LogP contribution in [0.15, 0.2) is 12.1 Å². The number of ether oxygens (including phenoxy) is 3. The molecule has 1 saturated heterocycles. The first kappa shape index (κ1) is 11.5. The second kappa shape index (κ2) is 4.48. The van der Waals surface area contributed by atoms with Gasteiger partial charge in [0.1, 0.15) is 12.4 Å². The third kappa shape index (κ3) is 1.98. The molecule has 1 aromatic carbocycles. The molecule has 0 aliphatic carbocycles. The molecular weight excluding hydrogens is 229 g/mol. The van der Waals surface area contributed by atoms with E-state index in [-0.39, 0.29) is 12.4 Å². The fourth-order valence-electron chi connectivity index (χ4n) is 1.81. The maximum absolute atomic E-state index is 13.6. The van der Waals surface area contributed by atoms with Crippen molar-refractivity contribution in [1.82, 2.24) is 5.32 Å². The van der Waals surface area contributed by atoms with Crippen molar-refractivity contribution in [1.29, 1.82) is 0 Å². The Morgan fingerprint density at radius 1 is 1.41 bits per heavy atom. The predicted molar refractivity (Wildman–Crippen MR) is 56.7 cm³/mol. The fraction of sp³-hybridized carbons (Fsp3) is 0.364. The maximum Gasteiger partial charge on any atom is 0.407 e. The molecule has 6 heteroatoms. The average molecular weight is 241 g/mol. The van der Waals surface area contributed by atoms with E-state index in [9.17, 15) is 9.18 Å². The number of carbonyl (C=O) groups excluding carboxylic acids is 1. The zero-order chi connectivity index (χ0) is 12.4. The highest BCUT2D eigenvalue weighted by Gasteiger charge is 2.30. The SMILES string of the molecule is COc1ccc(F)c(OC)c1C1COC(=O)N1. The maximum atomic E-state index is 13.6. The normalized spacial score (nSPS) is 18.5. The molecule has 1 heterocycles. The molecule has 1 amide bonds. The number of amides is 1. The van der Waals surface area contributed by atoms with Gasteiger partial charge < -0.3 is 19.5 Å². The molecule has 0 spiro atoms. The Labute approximate surface area is 97.5 Å². The molecule has 1 atom stereocenters. The van der Waals surface area contributed by atoms with Crippen LogP contribution in [0.25, 0.3) is 0 Å². The highest BCUT2D eigenvalue weighted by molar-refractivity contribution is 5.71. The number of rotatable bonds is 3. The number of alkyl carbamates (subject to hydrolysis) is 1. The summed E-state index contributed by atoms with van der Waals surface area (Å²) in [5, 5.41) is 2.56. The lowest BCUT2D eigenvalue weighted by molar-refractivity contribution is 0.176. The number of benzene rings is 1. The molecular formula is C11H12FNO4. The third-order valence-corrected chi connectivity index (χ3v) is 2.55. The highest BCUT2D eigenvalue weighted by Crippen LogP contribution is 2.37. The van der Waals surface area contributed by atoms with Crippen LogP contribution in [0.1, 0.15) is 11.6 Å². The number of halogens is 1. The molecule has 1 N–H and O–H groups in total. The summed E-state index contributed by atoms with van der Waals surface area (Å²) in [6.45, 7) is 0.120. The first-order chi connectivity index (χ1) is 8.17. The Morgan fingerprint density at radius 2 is 2.18 bits per heavy atom. The van der Waals surface area contributed by atoms with E-state index in [0.717, 1.165) is 0 Å². The van der Waals surface area contributed by atoms with E-state index in [4.69, 9.17) is 14.2 Å². The van der Waals surface area contributed by atoms with Gasteiger partial charge in [-0.15, -0.1) is 0 Å². The minimum Gasteiger partial charge on any atom is -0.496 e. The van der Waals surface area contributed by atoms with Gasteiger partial charge in [0.05, 0.1) is 25.8 Å². The van der Waals surface area contributed by atoms with Crippen LogP contribution in [0.5, 0.6) is 11.5 Å². The molecule has 17 heavy (non-hydrogen) atoms. The predicted octanol–water partition coefficient (Wildman–Crippen LogP) is 1.62.